The van der Waals surface area contributed by atoms with Crippen molar-refractivity contribution in [2.45, 2.75) is 39.8 Å². The molecule has 0 aliphatic carbocycles. The van der Waals surface area contributed by atoms with Crippen molar-refractivity contribution in [2.24, 2.45) is 0 Å². The van der Waals surface area contributed by atoms with Crippen LogP contribution in [0.15, 0.2) is 65.2 Å². The zero-order chi connectivity index (χ0) is 22.8. The summed E-state index contributed by atoms with van der Waals surface area (Å²) in [5.74, 6) is 1.58. The lowest BCUT2D eigenvalue weighted by atomic mass is 10.1. The summed E-state index contributed by atoms with van der Waals surface area (Å²) in [6, 6.07) is 19.7. The zero-order valence-electron chi connectivity index (χ0n) is 19.4. The lowest BCUT2D eigenvalue weighted by molar-refractivity contribution is 0.0656. The number of hydrogen-bond acceptors (Lipinski definition) is 6. The van der Waals surface area contributed by atoms with Gasteiger partial charge >= 0.3 is 0 Å². The molecule has 0 aliphatic rings. The van der Waals surface area contributed by atoms with Crippen molar-refractivity contribution in [2.75, 3.05) is 37.7 Å². The molecule has 1 aromatic heterocycles. The zero-order valence-corrected chi connectivity index (χ0v) is 19.4. The Balaban J connectivity index is 1.78. The fourth-order valence-electron chi connectivity index (χ4n) is 3.86. The number of nitrogens with zero attached hydrogens (tertiary/aromatic N) is 3. The van der Waals surface area contributed by atoms with Crippen molar-refractivity contribution < 1.29 is 14.4 Å². The predicted octanol–water partition coefficient (Wildman–Crippen LogP) is 4.84. The van der Waals surface area contributed by atoms with Crippen molar-refractivity contribution in [3.63, 3.8) is 0 Å². The summed E-state index contributed by atoms with van der Waals surface area (Å²) in [6.07, 6.45) is 0.387. The summed E-state index contributed by atoms with van der Waals surface area (Å²) < 4.78 is 11.6. The van der Waals surface area contributed by atoms with E-state index in [2.05, 4.69) is 47.9 Å². The fraction of sp³-hybridized carbons (Fsp3) is 0.423. The first-order valence-electron chi connectivity index (χ1n) is 11.5. The van der Waals surface area contributed by atoms with Gasteiger partial charge in [-0.2, -0.15) is 0 Å². The lowest BCUT2D eigenvalue weighted by Crippen LogP contribution is -2.36. The molecule has 0 radical (unpaired) electrons. The van der Waals surface area contributed by atoms with Gasteiger partial charge in [0.05, 0.1) is 5.56 Å². The van der Waals surface area contributed by atoms with Gasteiger partial charge < -0.3 is 19.3 Å². The number of aromatic nitrogens is 1. The number of anilines is 1. The first-order chi connectivity index (χ1) is 15.7. The molecule has 1 atom stereocenters. The van der Waals surface area contributed by atoms with Crippen LogP contribution in [-0.4, -0.2) is 54.1 Å². The Bertz CT molecular complexity index is 911. The van der Waals surface area contributed by atoms with Gasteiger partial charge in [-0.15, -0.1) is 0 Å². The summed E-state index contributed by atoms with van der Waals surface area (Å²) in [4.78, 5) is 4.44. The summed E-state index contributed by atoms with van der Waals surface area (Å²) in [5, 5.41) is 15.1. The van der Waals surface area contributed by atoms with E-state index in [1.54, 1.807) is 0 Å². The third-order valence-corrected chi connectivity index (χ3v) is 5.44. The Morgan fingerprint density at radius 2 is 1.62 bits per heavy atom. The van der Waals surface area contributed by atoms with Crippen LogP contribution in [0.5, 0.6) is 5.75 Å². The molecule has 0 spiro atoms. The minimum Gasteiger partial charge on any atom is -0.491 e. The third kappa shape index (κ3) is 6.34. The topological polar surface area (TPSA) is 62.0 Å². The molecular weight excluding hydrogens is 402 g/mol. The van der Waals surface area contributed by atoms with Crippen molar-refractivity contribution in [3.8, 4) is 17.0 Å². The monoisotopic (exact) mass is 437 g/mol. The van der Waals surface area contributed by atoms with Crippen molar-refractivity contribution in [1.29, 1.82) is 0 Å². The average molecular weight is 438 g/mol. The van der Waals surface area contributed by atoms with Gasteiger partial charge in [0.1, 0.15) is 24.2 Å². The maximum atomic E-state index is 10.7. The second kappa shape index (κ2) is 12.3. The van der Waals surface area contributed by atoms with Crippen molar-refractivity contribution in [1.82, 2.24) is 10.1 Å². The molecule has 172 valence electrons. The minimum absolute atomic E-state index is 0.252. The van der Waals surface area contributed by atoms with E-state index in [1.807, 2.05) is 48.5 Å². The SMILES string of the molecule is CCCN(Cc1c(-c2ccccc2)noc1N(CC)CC)CC(O)COc1ccccc1. The molecule has 32 heavy (non-hydrogen) atoms. The fourth-order valence-corrected chi connectivity index (χ4v) is 3.86. The lowest BCUT2D eigenvalue weighted by Gasteiger charge is -2.26. The van der Waals surface area contributed by atoms with E-state index in [9.17, 15) is 5.11 Å². The highest BCUT2D eigenvalue weighted by Crippen LogP contribution is 2.32. The van der Waals surface area contributed by atoms with E-state index in [-0.39, 0.29) is 6.61 Å². The highest BCUT2D eigenvalue weighted by atomic mass is 16.5. The Hall–Kier alpha value is -2.83. The minimum atomic E-state index is -0.598. The van der Waals surface area contributed by atoms with Gasteiger partial charge in [0.15, 0.2) is 0 Å². The Labute approximate surface area is 191 Å². The molecule has 6 nitrogen and oxygen atoms in total. The molecule has 1 N–H and O–H groups in total. The van der Waals surface area contributed by atoms with Crippen LogP contribution in [0.1, 0.15) is 32.8 Å². The largest absolute Gasteiger partial charge is 0.491 e. The molecule has 6 heteroatoms. The smallest absolute Gasteiger partial charge is 0.232 e. The predicted molar refractivity (Wildman–Crippen MR) is 129 cm³/mol. The van der Waals surface area contributed by atoms with E-state index in [0.717, 1.165) is 54.5 Å². The number of hydrogen-bond donors (Lipinski definition) is 1. The molecule has 3 aromatic rings. The molecule has 0 saturated heterocycles. The van der Waals surface area contributed by atoms with E-state index in [1.165, 1.54) is 0 Å². The van der Waals surface area contributed by atoms with Crippen LogP contribution in [0.25, 0.3) is 11.3 Å². The summed E-state index contributed by atoms with van der Waals surface area (Å²) in [6.45, 7) is 10.3. The number of benzene rings is 2. The maximum Gasteiger partial charge on any atom is 0.232 e. The Morgan fingerprint density at radius 3 is 2.25 bits per heavy atom. The van der Waals surface area contributed by atoms with Crippen molar-refractivity contribution >= 4 is 5.88 Å². The van der Waals surface area contributed by atoms with Crippen LogP contribution in [-0.2, 0) is 6.54 Å². The van der Waals surface area contributed by atoms with Gasteiger partial charge in [-0.05, 0) is 38.9 Å². The van der Waals surface area contributed by atoms with Crippen LogP contribution >= 0.6 is 0 Å². The molecule has 0 amide bonds. The molecule has 0 fully saturated rings. The van der Waals surface area contributed by atoms with E-state index < -0.39 is 6.10 Å². The highest BCUT2D eigenvalue weighted by Gasteiger charge is 2.24. The number of rotatable bonds is 13. The average Bonchev–Trinajstić information content (AvgIpc) is 3.23. The van der Waals surface area contributed by atoms with Gasteiger partial charge in [-0.1, -0.05) is 60.6 Å². The van der Waals surface area contributed by atoms with Gasteiger partial charge in [-0.3, -0.25) is 4.90 Å². The molecule has 2 aromatic carbocycles. The first-order valence-corrected chi connectivity index (χ1v) is 11.5. The quantitative estimate of drug-likeness (QED) is 0.413. The summed E-state index contributed by atoms with van der Waals surface area (Å²) in [7, 11) is 0. The van der Waals surface area contributed by atoms with Gasteiger partial charge in [0.25, 0.3) is 0 Å². The van der Waals surface area contributed by atoms with Crippen LogP contribution in [0.2, 0.25) is 0 Å². The second-order valence-corrected chi connectivity index (χ2v) is 7.87. The van der Waals surface area contributed by atoms with Gasteiger partial charge in [0.2, 0.25) is 5.88 Å². The van der Waals surface area contributed by atoms with E-state index in [0.29, 0.717) is 13.1 Å². The van der Waals surface area contributed by atoms with Gasteiger partial charge in [-0.25, -0.2) is 0 Å². The molecule has 3 rings (SSSR count). The standard InChI is InChI=1S/C26H35N3O3/c1-4-17-28(18-22(30)20-31-23-15-11-8-12-16-23)19-24-25(21-13-9-7-10-14-21)27-32-26(24)29(5-2)6-3/h7-16,22,30H,4-6,17-20H2,1-3H3. The number of aliphatic hydroxyl groups excluding tert-OH is 1. The second-order valence-electron chi connectivity index (χ2n) is 7.87. The molecule has 1 unspecified atom stereocenters. The number of ether oxygens (including phenoxy) is 1. The molecular formula is C26H35N3O3. The molecule has 0 bridgehead atoms. The van der Waals surface area contributed by atoms with Crippen LogP contribution < -0.4 is 9.64 Å². The Kier molecular flexibility index (Phi) is 9.13. The highest BCUT2D eigenvalue weighted by molar-refractivity contribution is 5.68. The Morgan fingerprint density at radius 1 is 0.969 bits per heavy atom. The normalized spacial score (nSPS) is 12.2. The van der Waals surface area contributed by atoms with Crippen LogP contribution in [0, 0.1) is 0 Å². The maximum absolute atomic E-state index is 10.7. The summed E-state index contributed by atoms with van der Waals surface area (Å²) in [5.41, 5.74) is 2.96. The van der Waals surface area contributed by atoms with E-state index >= 15 is 0 Å². The first kappa shape index (κ1) is 23.8. The molecule has 1 heterocycles. The van der Waals surface area contributed by atoms with Crippen LogP contribution in [0.4, 0.5) is 5.88 Å². The van der Waals surface area contributed by atoms with Crippen molar-refractivity contribution in [3.05, 3.63) is 66.2 Å². The molecule has 0 saturated carbocycles. The van der Waals surface area contributed by atoms with Crippen LogP contribution in [0.3, 0.4) is 0 Å². The number of aliphatic hydroxyl groups is 1. The molecule has 0 aliphatic heterocycles. The third-order valence-electron chi connectivity index (χ3n) is 5.44. The van der Waals surface area contributed by atoms with E-state index in [4.69, 9.17) is 9.26 Å². The van der Waals surface area contributed by atoms with Gasteiger partial charge in [0, 0.05) is 31.7 Å². The number of para-hydroxylation sites is 1. The summed E-state index contributed by atoms with van der Waals surface area (Å²) >= 11 is 0.